The third-order valence-electron chi connectivity index (χ3n) is 7.16. The largest absolute Gasteiger partial charge is 0.505 e. The molecule has 5 rings (SSSR count). The number of rotatable bonds is 11. The van der Waals surface area contributed by atoms with Gasteiger partial charge >= 0.3 is 0 Å². The van der Waals surface area contributed by atoms with Crippen molar-refractivity contribution in [3.63, 3.8) is 0 Å². The quantitative estimate of drug-likeness (QED) is 0.124. The van der Waals surface area contributed by atoms with Gasteiger partial charge in [0, 0.05) is 31.7 Å². The van der Waals surface area contributed by atoms with Crippen LogP contribution in [-0.2, 0) is 16.1 Å². The average Bonchev–Trinajstić information content (AvgIpc) is 3.67. The lowest BCUT2D eigenvalue weighted by molar-refractivity contribution is -0.139. The summed E-state index contributed by atoms with van der Waals surface area (Å²) in [6, 6.07) is 8.26. The van der Waals surface area contributed by atoms with E-state index in [-0.39, 0.29) is 23.6 Å². The van der Waals surface area contributed by atoms with Crippen LogP contribution >= 0.6 is 0 Å². The summed E-state index contributed by atoms with van der Waals surface area (Å²) < 4.78 is 15.4. The third-order valence-corrected chi connectivity index (χ3v) is 7.16. The zero-order valence-corrected chi connectivity index (χ0v) is 23.4. The molecule has 0 spiro atoms. The summed E-state index contributed by atoms with van der Waals surface area (Å²) in [7, 11) is 0. The predicted octanol–water partition coefficient (Wildman–Crippen LogP) is 4.62. The Bertz CT molecular complexity index is 1640. The van der Waals surface area contributed by atoms with E-state index in [4.69, 9.17) is 9.47 Å². The van der Waals surface area contributed by atoms with Crippen LogP contribution in [0.5, 0.6) is 11.5 Å². The minimum absolute atomic E-state index is 0.0102. The van der Waals surface area contributed by atoms with Crippen LogP contribution in [0.15, 0.2) is 73.5 Å². The van der Waals surface area contributed by atoms with E-state index in [1.165, 1.54) is 4.90 Å². The number of aliphatic hydroxyl groups is 1. The van der Waals surface area contributed by atoms with E-state index in [1.807, 2.05) is 54.3 Å². The Morgan fingerprint density at radius 3 is 2.66 bits per heavy atom. The average molecular weight is 556 g/mol. The lowest BCUT2D eigenvalue weighted by Gasteiger charge is -2.26. The second kappa shape index (κ2) is 11.7. The van der Waals surface area contributed by atoms with E-state index in [1.54, 1.807) is 36.8 Å². The monoisotopic (exact) mass is 555 g/mol. The summed E-state index contributed by atoms with van der Waals surface area (Å²) in [5.74, 6) is -0.761. The van der Waals surface area contributed by atoms with Gasteiger partial charge in [-0.3, -0.25) is 9.59 Å². The molecule has 4 aromatic rings. The molecule has 1 aromatic carbocycles. The van der Waals surface area contributed by atoms with E-state index in [9.17, 15) is 14.7 Å². The van der Waals surface area contributed by atoms with Crippen molar-refractivity contribution in [2.45, 2.75) is 39.8 Å². The first-order valence-corrected chi connectivity index (χ1v) is 13.5. The van der Waals surface area contributed by atoms with Crippen molar-refractivity contribution >= 4 is 23.1 Å². The van der Waals surface area contributed by atoms with Gasteiger partial charge in [-0.15, -0.1) is 0 Å². The highest BCUT2D eigenvalue weighted by atomic mass is 16.5. The molecule has 1 unspecified atom stereocenters. The van der Waals surface area contributed by atoms with E-state index in [2.05, 4.69) is 16.5 Å². The SMILES string of the molecule is C=CCOc1ccc(C2/C(=C(\O)c3nc4c(C)cccn4c3C)C(=O)C(=O)N2CCCn2ccnc2)cc1OCC. The molecule has 4 heterocycles. The van der Waals surface area contributed by atoms with Gasteiger partial charge in [0.2, 0.25) is 0 Å². The highest BCUT2D eigenvalue weighted by molar-refractivity contribution is 6.46. The molecule has 41 heavy (non-hydrogen) atoms. The molecule has 1 saturated heterocycles. The number of aryl methyl sites for hydroxylation is 3. The van der Waals surface area contributed by atoms with Gasteiger partial charge in [-0.05, 0) is 56.5 Å². The number of carbonyl (C=O) groups excluding carboxylic acids is 2. The zero-order valence-electron chi connectivity index (χ0n) is 23.4. The molecule has 1 fully saturated rings. The summed E-state index contributed by atoms with van der Waals surface area (Å²) in [5, 5.41) is 11.7. The molecular formula is C31H33N5O5. The maximum absolute atomic E-state index is 13.6. The van der Waals surface area contributed by atoms with Crippen molar-refractivity contribution in [2.75, 3.05) is 19.8 Å². The second-order valence-corrected chi connectivity index (χ2v) is 9.82. The number of benzene rings is 1. The van der Waals surface area contributed by atoms with Crippen LogP contribution in [0, 0.1) is 13.8 Å². The van der Waals surface area contributed by atoms with Crippen LogP contribution in [0.25, 0.3) is 11.4 Å². The highest BCUT2D eigenvalue weighted by Gasteiger charge is 2.46. The number of likely N-dealkylation sites (tertiary alicyclic amines) is 1. The molecule has 0 bridgehead atoms. The van der Waals surface area contributed by atoms with Gasteiger partial charge in [0.1, 0.15) is 17.9 Å². The van der Waals surface area contributed by atoms with Crippen molar-refractivity contribution in [1.29, 1.82) is 0 Å². The minimum atomic E-state index is -0.851. The number of aliphatic hydroxyl groups excluding tert-OH is 1. The van der Waals surface area contributed by atoms with Crippen molar-refractivity contribution in [1.82, 2.24) is 23.8 Å². The Kier molecular flexibility index (Phi) is 7.91. The maximum atomic E-state index is 13.6. The number of Topliss-reactive ketones (excluding diaryl/α,β-unsaturated/α-hetero) is 1. The standard InChI is InChI=1S/C31H33N5O5/c1-5-17-41-23-11-10-22(18-24(23)40-6-2)27-25(28(37)26-21(4)35-14-7-9-20(3)30(35)33-26)29(38)31(39)36(27)15-8-13-34-16-12-32-19-34/h5,7,9-12,14,16,18-19,27,37H,1,6,8,13,15,17H2,2-4H3/b28-25+. The first kappa shape index (κ1) is 27.7. The van der Waals surface area contributed by atoms with Crippen LogP contribution in [-0.4, -0.2) is 60.4 Å². The van der Waals surface area contributed by atoms with Gasteiger partial charge in [-0.2, -0.15) is 0 Å². The number of hydrogen-bond donors (Lipinski definition) is 1. The van der Waals surface area contributed by atoms with Crippen LogP contribution in [0.3, 0.4) is 0 Å². The normalized spacial score (nSPS) is 16.5. The molecule has 0 radical (unpaired) electrons. The molecule has 3 aromatic heterocycles. The van der Waals surface area contributed by atoms with Gasteiger partial charge in [0.15, 0.2) is 17.3 Å². The van der Waals surface area contributed by atoms with Crippen molar-refractivity contribution < 1.29 is 24.2 Å². The number of imidazole rings is 2. The summed E-state index contributed by atoms with van der Waals surface area (Å²) in [4.78, 5) is 37.3. The first-order chi connectivity index (χ1) is 19.8. The zero-order chi connectivity index (χ0) is 29.1. The molecular weight excluding hydrogens is 522 g/mol. The lowest BCUT2D eigenvalue weighted by atomic mass is 9.96. The lowest BCUT2D eigenvalue weighted by Crippen LogP contribution is -2.31. The topological polar surface area (TPSA) is 111 Å². The summed E-state index contributed by atoms with van der Waals surface area (Å²) in [6.45, 7) is 10.9. The molecule has 0 saturated carbocycles. The number of aromatic nitrogens is 4. The minimum Gasteiger partial charge on any atom is -0.505 e. The van der Waals surface area contributed by atoms with Gasteiger partial charge < -0.3 is 28.4 Å². The van der Waals surface area contributed by atoms with E-state index < -0.39 is 17.7 Å². The van der Waals surface area contributed by atoms with Crippen molar-refractivity contribution in [3.8, 4) is 11.5 Å². The molecule has 1 amide bonds. The van der Waals surface area contributed by atoms with Crippen molar-refractivity contribution in [3.05, 3.63) is 96.0 Å². The van der Waals surface area contributed by atoms with Gasteiger partial charge in [-0.25, -0.2) is 9.97 Å². The Morgan fingerprint density at radius 1 is 1.12 bits per heavy atom. The van der Waals surface area contributed by atoms with Crippen LogP contribution in [0.2, 0.25) is 0 Å². The van der Waals surface area contributed by atoms with Gasteiger partial charge in [-0.1, -0.05) is 24.8 Å². The van der Waals surface area contributed by atoms with Crippen LogP contribution in [0.4, 0.5) is 0 Å². The summed E-state index contributed by atoms with van der Waals surface area (Å²) >= 11 is 0. The molecule has 1 N–H and O–H groups in total. The van der Waals surface area contributed by atoms with Crippen LogP contribution in [0.1, 0.15) is 41.9 Å². The van der Waals surface area contributed by atoms with E-state index in [0.717, 1.165) is 5.56 Å². The summed E-state index contributed by atoms with van der Waals surface area (Å²) in [6.07, 6.45) is 9.30. The number of hydrogen-bond acceptors (Lipinski definition) is 7. The molecule has 0 aliphatic carbocycles. The second-order valence-electron chi connectivity index (χ2n) is 9.82. The molecule has 10 heteroatoms. The predicted molar refractivity (Wildman–Crippen MR) is 154 cm³/mol. The Hall–Kier alpha value is -4.86. The number of fused-ring (bicyclic) bond motifs is 1. The third kappa shape index (κ3) is 5.20. The Morgan fingerprint density at radius 2 is 1.95 bits per heavy atom. The fourth-order valence-electron chi connectivity index (χ4n) is 5.20. The number of nitrogens with zero attached hydrogens (tertiary/aromatic N) is 5. The maximum Gasteiger partial charge on any atom is 0.295 e. The number of amides is 1. The molecule has 1 aliphatic rings. The number of carbonyl (C=O) groups is 2. The molecule has 1 atom stereocenters. The molecule has 212 valence electrons. The Balaban J connectivity index is 1.62. The number of ketones is 1. The highest BCUT2D eigenvalue weighted by Crippen LogP contribution is 2.42. The Labute approximate surface area is 238 Å². The van der Waals surface area contributed by atoms with Gasteiger partial charge in [0.05, 0.1) is 30.2 Å². The van der Waals surface area contributed by atoms with Crippen LogP contribution < -0.4 is 9.47 Å². The van der Waals surface area contributed by atoms with Crippen molar-refractivity contribution in [2.24, 2.45) is 0 Å². The number of ether oxygens (including phenoxy) is 2. The molecule has 10 nitrogen and oxygen atoms in total. The van der Waals surface area contributed by atoms with Gasteiger partial charge in [0.25, 0.3) is 11.7 Å². The molecule has 1 aliphatic heterocycles. The van der Waals surface area contributed by atoms with E-state index >= 15 is 0 Å². The fourth-order valence-corrected chi connectivity index (χ4v) is 5.20. The number of pyridine rings is 1. The van der Waals surface area contributed by atoms with E-state index in [0.29, 0.717) is 54.6 Å². The first-order valence-electron chi connectivity index (χ1n) is 13.5. The summed E-state index contributed by atoms with van der Waals surface area (Å²) in [5.41, 5.74) is 3.11. The fraction of sp³-hybridized carbons (Fsp3) is 0.290. The smallest absolute Gasteiger partial charge is 0.295 e.